The number of hydrogen-bond donors (Lipinski definition) is 1. The highest BCUT2D eigenvalue weighted by Crippen LogP contribution is 2.26. The molecule has 1 saturated heterocycles. The fourth-order valence-electron chi connectivity index (χ4n) is 2.89. The van der Waals surface area contributed by atoms with Gasteiger partial charge in [0.15, 0.2) is 0 Å². The number of hydrogen-bond acceptors (Lipinski definition) is 5. The quantitative estimate of drug-likeness (QED) is 0.924. The lowest BCUT2D eigenvalue weighted by Gasteiger charge is -2.34. The van der Waals surface area contributed by atoms with E-state index >= 15 is 0 Å². The van der Waals surface area contributed by atoms with E-state index in [0.717, 1.165) is 31.7 Å². The lowest BCUT2D eigenvalue weighted by molar-refractivity contribution is 0.0957. The van der Waals surface area contributed by atoms with Crippen LogP contribution in [0.4, 0.5) is 5.82 Å². The second-order valence-corrected chi connectivity index (χ2v) is 5.49. The van der Waals surface area contributed by atoms with Crippen LogP contribution in [-0.2, 0) is 0 Å². The highest BCUT2D eigenvalue weighted by atomic mass is 16.1. The fourth-order valence-corrected chi connectivity index (χ4v) is 2.89. The highest BCUT2D eigenvalue weighted by Gasteiger charge is 2.24. The summed E-state index contributed by atoms with van der Waals surface area (Å²) in [7, 11) is 1.59. The monoisotopic (exact) mass is 310 g/mol. The number of rotatable bonds is 3. The molecule has 1 aliphatic heterocycles. The Kier molecular flexibility index (Phi) is 4.24. The first-order valence-electron chi connectivity index (χ1n) is 7.60. The van der Waals surface area contributed by atoms with E-state index in [1.807, 2.05) is 10.9 Å². The number of aromatic nitrogens is 3. The molecule has 0 unspecified atom stereocenters. The predicted molar refractivity (Wildman–Crippen MR) is 85.1 cm³/mol. The van der Waals surface area contributed by atoms with Crippen molar-refractivity contribution in [2.75, 3.05) is 25.0 Å². The largest absolute Gasteiger partial charge is 0.354 e. The van der Waals surface area contributed by atoms with Gasteiger partial charge in [-0.1, -0.05) is 0 Å². The van der Waals surface area contributed by atoms with Crippen LogP contribution in [0, 0.1) is 11.3 Å². The van der Waals surface area contributed by atoms with Crippen LogP contribution in [0.3, 0.4) is 0 Å². The van der Waals surface area contributed by atoms with Gasteiger partial charge in [-0.3, -0.25) is 9.48 Å². The van der Waals surface area contributed by atoms with Crippen LogP contribution < -0.4 is 10.2 Å². The van der Waals surface area contributed by atoms with Crippen molar-refractivity contribution in [2.24, 2.45) is 0 Å². The average Bonchev–Trinajstić information content (AvgIpc) is 3.11. The van der Waals surface area contributed by atoms with Crippen LogP contribution in [0.1, 0.15) is 34.9 Å². The molecule has 2 aromatic heterocycles. The van der Waals surface area contributed by atoms with Crippen molar-refractivity contribution in [1.82, 2.24) is 20.1 Å². The van der Waals surface area contributed by atoms with Gasteiger partial charge in [0.25, 0.3) is 5.91 Å². The molecule has 118 valence electrons. The van der Waals surface area contributed by atoms with Crippen LogP contribution in [0.25, 0.3) is 0 Å². The number of nitrogens with one attached hydrogen (secondary N) is 1. The molecule has 3 heterocycles. The van der Waals surface area contributed by atoms with Crippen LogP contribution >= 0.6 is 0 Å². The van der Waals surface area contributed by atoms with Gasteiger partial charge in [0.1, 0.15) is 17.6 Å². The molecule has 0 saturated carbocycles. The van der Waals surface area contributed by atoms with E-state index in [1.165, 1.54) is 0 Å². The molecule has 7 nitrogen and oxygen atoms in total. The summed E-state index contributed by atoms with van der Waals surface area (Å²) in [6, 6.07) is 7.63. The highest BCUT2D eigenvalue weighted by molar-refractivity contribution is 5.91. The Morgan fingerprint density at radius 1 is 1.48 bits per heavy atom. The van der Waals surface area contributed by atoms with Crippen LogP contribution in [-0.4, -0.2) is 40.8 Å². The SMILES string of the molecule is CNC(=O)c1ccn([C@@H]2CCCN(c3ncccc3C#N)C2)n1. The van der Waals surface area contributed by atoms with Gasteiger partial charge < -0.3 is 10.2 Å². The number of nitrogens with zero attached hydrogens (tertiary/aromatic N) is 5. The van der Waals surface area contributed by atoms with E-state index in [9.17, 15) is 10.1 Å². The summed E-state index contributed by atoms with van der Waals surface area (Å²) in [6.45, 7) is 1.59. The second-order valence-electron chi connectivity index (χ2n) is 5.49. The predicted octanol–water partition coefficient (Wildman–Crippen LogP) is 1.35. The lowest BCUT2D eigenvalue weighted by Crippen LogP contribution is -2.37. The molecule has 0 spiro atoms. The number of carbonyl (C=O) groups is 1. The molecule has 0 bridgehead atoms. The molecule has 1 amide bonds. The maximum atomic E-state index is 11.6. The van der Waals surface area contributed by atoms with Crippen molar-refractivity contribution in [3.05, 3.63) is 41.9 Å². The third kappa shape index (κ3) is 3.01. The molecule has 1 N–H and O–H groups in total. The van der Waals surface area contributed by atoms with E-state index in [4.69, 9.17) is 0 Å². The molecule has 1 atom stereocenters. The van der Waals surface area contributed by atoms with Crippen molar-refractivity contribution >= 4 is 11.7 Å². The van der Waals surface area contributed by atoms with Gasteiger partial charge in [0.05, 0.1) is 11.6 Å². The number of piperidine rings is 1. The zero-order chi connectivity index (χ0) is 16.2. The van der Waals surface area contributed by atoms with Crippen molar-refractivity contribution < 1.29 is 4.79 Å². The lowest BCUT2D eigenvalue weighted by atomic mass is 10.1. The molecule has 0 aromatic carbocycles. The Bertz CT molecular complexity index is 747. The van der Waals surface area contributed by atoms with Crippen LogP contribution in [0.2, 0.25) is 0 Å². The van der Waals surface area contributed by atoms with Gasteiger partial charge in [-0.25, -0.2) is 4.98 Å². The summed E-state index contributed by atoms with van der Waals surface area (Å²) >= 11 is 0. The molecule has 7 heteroatoms. The molecule has 0 aliphatic carbocycles. The average molecular weight is 310 g/mol. The van der Waals surface area contributed by atoms with E-state index in [1.54, 1.807) is 31.4 Å². The minimum Gasteiger partial charge on any atom is -0.354 e. The van der Waals surface area contributed by atoms with Crippen molar-refractivity contribution in [2.45, 2.75) is 18.9 Å². The zero-order valence-corrected chi connectivity index (χ0v) is 12.9. The van der Waals surface area contributed by atoms with Gasteiger partial charge in [-0.05, 0) is 31.0 Å². The summed E-state index contributed by atoms with van der Waals surface area (Å²) < 4.78 is 1.84. The van der Waals surface area contributed by atoms with E-state index < -0.39 is 0 Å². The first-order chi connectivity index (χ1) is 11.2. The Balaban J connectivity index is 1.80. The Morgan fingerprint density at radius 2 is 2.35 bits per heavy atom. The van der Waals surface area contributed by atoms with Crippen molar-refractivity contribution in [3.8, 4) is 6.07 Å². The van der Waals surface area contributed by atoms with E-state index in [-0.39, 0.29) is 11.9 Å². The molecule has 1 aliphatic rings. The third-order valence-electron chi connectivity index (χ3n) is 4.05. The first kappa shape index (κ1) is 15.0. The maximum absolute atomic E-state index is 11.6. The van der Waals surface area contributed by atoms with Crippen LogP contribution in [0.5, 0.6) is 0 Å². The number of anilines is 1. The smallest absolute Gasteiger partial charge is 0.271 e. The number of nitriles is 1. The van der Waals surface area contributed by atoms with Gasteiger partial charge in [0, 0.05) is 32.5 Å². The summed E-state index contributed by atoms with van der Waals surface area (Å²) in [4.78, 5) is 18.1. The Morgan fingerprint density at radius 3 is 3.13 bits per heavy atom. The normalized spacial score (nSPS) is 17.6. The zero-order valence-electron chi connectivity index (χ0n) is 12.9. The second kappa shape index (κ2) is 6.48. The maximum Gasteiger partial charge on any atom is 0.271 e. The molecule has 1 fully saturated rings. The first-order valence-corrected chi connectivity index (χ1v) is 7.60. The standard InChI is InChI=1S/C16H18N6O/c1-18-16(23)14-6-9-22(20-14)13-5-3-8-21(11-13)15-12(10-17)4-2-7-19-15/h2,4,6-7,9,13H,3,5,8,11H2,1H3,(H,18,23)/t13-/m1/s1. The number of carbonyl (C=O) groups excluding carboxylic acids is 1. The fraction of sp³-hybridized carbons (Fsp3) is 0.375. The van der Waals surface area contributed by atoms with Crippen molar-refractivity contribution in [1.29, 1.82) is 5.26 Å². The summed E-state index contributed by atoms with van der Waals surface area (Å²) in [6.07, 6.45) is 5.51. The van der Waals surface area contributed by atoms with Gasteiger partial charge in [-0.2, -0.15) is 10.4 Å². The minimum atomic E-state index is -0.187. The number of amides is 1. The Hall–Kier alpha value is -2.88. The van der Waals surface area contributed by atoms with Crippen molar-refractivity contribution in [3.63, 3.8) is 0 Å². The molecule has 3 rings (SSSR count). The minimum absolute atomic E-state index is 0.163. The summed E-state index contributed by atoms with van der Waals surface area (Å²) in [5.41, 5.74) is 1.000. The van der Waals surface area contributed by atoms with E-state index in [2.05, 4.69) is 26.4 Å². The number of pyridine rings is 1. The molecule has 0 radical (unpaired) electrons. The molecular weight excluding hydrogens is 292 g/mol. The topological polar surface area (TPSA) is 86.8 Å². The molecule has 23 heavy (non-hydrogen) atoms. The summed E-state index contributed by atoms with van der Waals surface area (Å²) in [5, 5.41) is 16.2. The third-order valence-corrected chi connectivity index (χ3v) is 4.05. The molecule has 2 aromatic rings. The van der Waals surface area contributed by atoms with Gasteiger partial charge in [0.2, 0.25) is 0 Å². The summed E-state index contributed by atoms with van der Waals surface area (Å²) in [5.74, 6) is 0.534. The molecular formula is C16H18N6O. The Labute approximate surface area is 134 Å². The van der Waals surface area contributed by atoms with Gasteiger partial charge >= 0.3 is 0 Å². The van der Waals surface area contributed by atoms with E-state index in [0.29, 0.717) is 11.3 Å². The van der Waals surface area contributed by atoms with Gasteiger partial charge in [-0.15, -0.1) is 0 Å². The van der Waals surface area contributed by atoms with Crippen LogP contribution in [0.15, 0.2) is 30.6 Å².